The van der Waals surface area contributed by atoms with E-state index >= 15 is 0 Å². The highest BCUT2D eigenvalue weighted by atomic mass is 16.5. The van der Waals surface area contributed by atoms with Crippen LogP contribution in [0, 0.1) is 0 Å². The van der Waals surface area contributed by atoms with Crippen LogP contribution in [0.2, 0.25) is 0 Å². The van der Waals surface area contributed by atoms with Gasteiger partial charge >= 0.3 is 0 Å². The molecular weight excluding hydrogens is 290 g/mol. The molecule has 4 nitrogen and oxygen atoms in total. The summed E-state index contributed by atoms with van der Waals surface area (Å²) in [5, 5.41) is 11.4. The van der Waals surface area contributed by atoms with Gasteiger partial charge in [-0.05, 0) is 41.3 Å². The summed E-state index contributed by atoms with van der Waals surface area (Å²) in [7, 11) is 3.27. The van der Waals surface area contributed by atoms with Crippen LogP contribution in [0.1, 0.15) is 16.7 Å². The smallest absolute Gasteiger partial charge is 0.197 e. The van der Waals surface area contributed by atoms with Gasteiger partial charge in [0.1, 0.15) is 0 Å². The van der Waals surface area contributed by atoms with Crippen LogP contribution in [0.4, 0.5) is 0 Å². The van der Waals surface area contributed by atoms with E-state index in [1.54, 1.807) is 14.2 Å². The lowest BCUT2D eigenvalue weighted by molar-refractivity contribution is 0.354. The number of nitrogens with one attached hydrogen (secondary N) is 1. The molecular formula is C19H17NO3. The van der Waals surface area contributed by atoms with Gasteiger partial charge in [-0.15, -0.1) is 0 Å². The molecule has 0 saturated carbocycles. The SMILES string of the molecule is COc1cc2c(cc1OC)C(c1c(O)[nH]c3ccccc13)=CC2. The third kappa shape index (κ3) is 1.99. The zero-order chi connectivity index (χ0) is 16.0. The van der Waals surface area contributed by atoms with Gasteiger partial charge in [0.25, 0.3) is 0 Å². The number of aromatic hydroxyl groups is 1. The second-order valence-corrected chi connectivity index (χ2v) is 5.58. The van der Waals surface area contributed by atoms with Crippen molar-refractivity contribution in [2.75, 3.05) is 14.2 Å². The molecule has 1 aliphatic carbocycles. The maximum absolute atomic E-state index is 10.4. The number of benzene rings is 2. The molecule has 116 valence electrons. The summed E-state index contributed by atoms with van der Waals surface area (Å²) in [6.07, 6.45) is 2.95. The van der Waals surface area contributed by atoms with Crippen LogP contribution >= 0.6 is 0 Å². The van der Waals surface area contributed by atoms with E-state index in [1.807, 2.05) is 36.4 Å². The molecule has 0 atom stereocenters. The minimum absolute atomic E-state index is 0.195. The highest BCUT2D eigenvalue weighted by Crippen LogP contribution is 2.44. The Hall–Kier alpha value is -2.88. The number of methoxy groups -OCH3 is 2. The number of ether oxygens (including phenoxy) is 2. The number of hydrogen-bond acceptors (Lipinski definition) is 3. The predicted octanol–water partition coefficient (Wildman–Crippen LogP) is 3.88. The highest BCUT2D eigenvalue weighted by Gasteiger charge is 2.24. The number of hydrogen-bond donors (Lipinski definition) is 2. The number of allylic oxidation sites excluding steroid dienone is 1. The molecule has 1 aliphatic rings. The summed E-state index contributed by atoms with van der Waals surface area (Å²) in [5.74, 6) is 1.61. The first-order chi connectivity index (χ1) is 11.2. The normalized spacial score (nSPS) is 13.0. The van der Waals surface area contributed by atoms with Crippen LogP contribution in [0.5, 0.6) is 17.4 Å². The van der Waals surface area contributed by atoms with Crippen LogP contribution in [0.15, 0.2) is 42.5 Å². The quantitative estimate of drug-likeness (QED) is 0.772. The average Bonchev–Trinajstić information content (AvgIpc) is 3.12. The Bertz CT molecular complexity index is 937. The van der Waals surface area contributed by atoms with Crippen molar-refractivity contribution in [3.8, 4) is 17.4 Å². The van der Waals surface area contributed by atoms with E-state index in [1.165, 1.54) is 5.56 Å². The van der Waals surface area contributed by atoms with Crippen molar-refractivity contribution in [3.63, 3.8) is 0 Å². The van der Waals surface area contributed by atoms with Gasteiger partial charge in [-0.1, -0.05) is 24.3 Å². The topological polar surface area (TPSA) is 54.5 Å². The van der Waals surface area contributed by atoms with Crippen molar-refractivity contribution in [1.29, 1.82) is 0 Å². The largest absolute Gasteiger partial charge is 0.494 e. The summed E-state index contributed by atoms with van der Waals surface area (Å²) in [5.41, 5.74) is 5.03. The Morgan fingerprint density at radius 1 is 1.04 bits per heavy atom. The molecule has 4 heteroatoms. The monoisotopic (exact) mass is 307 g/mol. The Kier molecular flexibility index (Phi) is 3.05. The lowest BCUT2D eigenvalue weighted by Crippen LogP contribution is -1.95. The van der Waals surface area contributed by atoms with Crippen LogP contribution in [0.25, 0.3) is 16.5 Å². The molecule has 3 aromatic rings. The molecule has 4 rings (SSSR count). The maximum Gasteiger partial charge on any atom is 0.197 e. The summed E-state index contributed by atoms with van der Waals surface area (Å²) in [4.78, 5) is 3.04. The predicted molar refractivity (Wildman–Crippen MR) is 90.3 cm³/mol. The molecule has 0 spiro atoms. The molecule has 0 bridgehead atoms. The maximum atomic E-state index is 10.4. The number of aromatic amines is 1. The van der Waals surface area contributed by atoms with Gasteiger partial charge < -0.3 is 19.6 Å². The molecule has 0 saturated heterocycles. The van der Waals surface area contributed by atoms with E-state index < -0.39 is 0 Å². The van der Waals surface area contributed by atoms with Crippen molar-refractivity contribution < 1.29 is 14.6 Å². The van der Waals surface area contributed by atoms with Crippen molar-refractivity contribution >= 4 is 16.5 Å². The fraction of sp³-hybridized carbons (Fsp3) is 0.158. The third-order valence-electron chi connectivity index (χ3n) is 4.38. The molecule has 0 unspecified atom stereocenters. The average molecular weight is 307 g/mol. The van der Waals surface area contributed by atoms with E-state index in [0.29, 0.717) is 5.75 Å². The van der Waals surface area contributed by atoms with Gasteiger partial charge in [0.2, 0.25) is 0 Å². The fourth-order valence-electron chi connectivity index (χ4n) is 3.30. The number of H-pyrrole nitrogens is 1. The highest BCUT2D eigenvalue weighted by molar-refractivity contribution is 6.01. The molecule has 0 radical (unpaired) electrons. The lowest BCUT2D eigenvalue weighted by atomic mass is 9.97. The zero-order valence-electron chi connectivity index (χ0n) is 13.0. The van der Waals surface area contributed by atoms with Gasteiger partial charge in [0, 0.05) is 10.9 Å². The van der Waals surface area contributed by atoms with Crippen LogP contribution in [-0.4, -0.2) is 24.3 Å². The fourth-order valence-corrected chi connectivity index (χ4v) is 3.30. The Morgan fingerprint density at radius 3 is 2.57 bits per heavy atom. The standard InChI is InChI=1S/C19H17NO3/c1-22-16-9-11-7-8-12(14(11)10-17(16)23-2)18-13-5-3-4-6-15(13)20-19(18)21/h3-6,8-10,20-21H,7H2,1-2H3. The van der Waals surface area contributed by atoms with Crippen molar-refractivity contribution in [2.45, 2.75) is 6.42 Å². The van der Waals surface area contributed by atoms with Crippen LogP contribution in [-0.2, 0) is 6.42 Å². The molecule has 0 fully saturated rings. The Balaban J connectivity index is 1.92. The molecule has 2 N–H and O–H groups in total. The Labute approximate surface area is 134 Å². The van der Waals surface area contributed by atoms with Crippen LogP contribution < -0.4 is 9.47 Å². The summed E-state index contributed by atoms with van der Waals surface area (Å²) in [6.45, 7) is 0. The second kappa shape index (κ2) is 5.09. The second-order valence-electron chi connectivity index (χ2n) is 5.58. The van der Waals surface area contributed by atoms with Gasteiger partial charge in [-0.2, -0.15) is 0 Å². The third-order valence-corrected chi connectivity index (χ3v) is 4.38. The van der Waals surface area contributed by atoms with Gasteiger partial charge in [0.05, 0.1) is 19.8 Å². The lowest BCUT2D eigenvalue weighted by Gasteiger charge is -2.12. The molecule has 23 heavy (non-hydrogen) atoms. The van der Waals surface area contributed by atoms with E-state index in [2.05, 4.69) is 11.1 Å². The Morgan fingerprint density at radius 2 is 1.78 bits per heavy atom. The van der Waals surface area contributed by atoms with E-state index in [-0.39, 0.29) is 5.88 Å². The number of aromatic nitrogens is 1. The first-order valence-electron chi connectivity index (χ1n) is 7.48. The van der Waals surface area contributed by atoms with Crippen LogP contribution in [0.3, 0.4) is 0 Å². The van der Waals surface area contributed by atoms with Crippen molar-refractivity contribution in [1.82, 2.24) is 4.98 Å². The first kappa shape index (κ1) is 13.8. The first-order valence-corrected chi connectivity index (χ1v) is 7.48. The summed E-state index contributed by atoms with van der Waals surface area (Å²) >= 11 is 0. The summed E-state index contributed by atoms with van der Waals surface area (Å²) in [6, 6.07) is 11.9. The molecule has 1 heterocycles. The minimum atomic E-state index is 0.195. The number of rotatable bonds is 3. The van der Waals surface area contributed by atoms with E-state index in [4.69, 9.17) is 9.47 Å². The summed E-state index contributed by atoms with van der Waals surface area (Å²) < 4.78 is 10.8. The van der Waals surface area contributed by atoms with E-state index in [9.17, 15) is 5.11 Å². The zero-order valence-corrected chi connectivity index (χ0v) is 13.0. The van der Waals surface area contributed by atoms with Gasteiger partial charge in [0.15, 0.2) is 17.4 Å². The van der Waals surface area contributed by atoms with E-state index in [0.717, 1.165) is 39.8 Å². The van der Waals surface area contributed by atoms with Gasteiger partial charge in [-0.25, -0.2) is 0 Å². The molecule has 1 aromatic heterocycles. The van der Waals surface area contributed by atoms with Gasteiger partial charge in [-0.3, -0.25) is 0 Å². The van der Waals surface area contributed by atoms with Crippen molar-refractivity contribution in [2.24, 2.45) is 0 Å². The minimum Gasteiger partial charge on any atom is -0.494 e. The molecule has 2 aromatic carbocycles. The van der Waals surface area contributed by atoms with Crippen molar-refractivity contribution in [3.05, 3.63) is 59.2 Å². The number of fused-ring (bicyclic) bond motifs is 2. The number of para-hydroxylation sites is 1. The molecule has 0 aliphatic heterocycles. The molecule has 0 amide bonds.